The van der Waals surface area contributed by atoms with Crippen LogP contribution in [0.4, 0.5) is 4.39 Å². The maximum atomic E-state index is 12.9. The molecule has 3 rings (SSSR count). The molecule has 24 heavy (non-hydrogen) atoms. The molecule has 0 unspecified atom stereocenters. The van der Waals surface area contributed by atoms with Gasteiger partial charge in [0, 0.05) is 0 Å². The van der Waals surface area contributed by atoms with Gasteiger partial charge in [-0.15, -0.1) is 0 Å². The Morgan fingerprint density at radius 2 is 1.96 bits per heavy atom. The summed E-state index contributed by atoms with van der Waals surface area (Å²) < 4.78 is 18.6. The Kier molecular flexibility index (Phi) is 4.73. The zero-order valence-corrected chi connectivity index (χ0v) is 13.7. The Labute approximate surface area is 146 Å². The SMILES string of the molecule is O=C1NC(=S)S/C1=C\c1cccc(OC(=O)c2ccc(F)cc2)c1. The van der Waals surface area contributed by atoms with E-state index in [1.165, 1.54) is 36.0 Å². The van der Waals surface area contributed by atoms with Gasteiger partial charge in [-0.05, 0) is 48.0 Å². The Morgan fingerprint density at radius 1 is 1.21 bits per heavy atom. The number of esters is 1. The molecular formula is C17H10FNO3S2. The first-order valence-corrected chi connectivity index (χ1v) is 8.06. The highest BCUT2D eigenvalue weighted by molar-refractivity contribution is 8.26. The van der Waals surface area contributed by atoms with Gasteiger partial charge in [0.1, 0.15) is 15.9 Å². The van der Waals surface area contributed by atoms with Crippen LogP contribution in [-0.4, -0.2) is 16.2 Å². The Hall–Kier alpha value is -2.51. The highest BCUT2D eigenvalue weighted by atomic mass is 32.2. The Balaban J connectivity index is 1.77. The molecule has 1 saturated heterocycles. The third-order valence-corrected chi connectivity index (χ3v) is 4.25. The van der Waals surface area contributed by atoms with Crippen molar-refractivity contribution >= 4 is 46.3 Å². The summed E-state index contributed by atoms with van der Waals surface area (Å²) in [5, 5.41) is 2.53. The summed E-state index contributed by atoms with van der Waals surface area (Å²) in [6.07, 6.45) is 1.66. The molecule has 2 aromatic rings. The van der Waals surface area contributed by atoms with Gasteiger partial charge in [0.15, 0.2) is 0 Å². The zero-order valence-electron chi connectivity index (χ0n) is 12.1. The van der Waals surface area contributed by atoms with E-state index >= 15 is 0 Å². The van der Waals surface area contributed by atoms with Crippen LogP contribution in [0.1, 0.15) is 15.9 Å². The monoisotopic (exact) mass is 359 g/mol. The molecule has 1 N–H and O–H groups in total. The zero-order chi connectivity index (χ0) is 17.1. The summed E-state index contributed by atoms with van der Waals surface area (Å²) in [5.74, 6) is -0.942. The van der Waals surface area contributed by atoms with Crippen molar-refractivity contribution in [1.29, 1.82) is 0 Å². The maximum Gasteiger partial charge on any atom is 0.343 e. The fourth-order valence-electron chi connectivity index (χ4n) is 1.99. The first-order chi connectivity index (χ1) is 11.5. The second-order valence-electron chi connectivity index (χ2n) is 4.82. The van der Waals surface area contributed by atoms with E-state index in [0.717, 1.165) is 0 Å². The van der Waals surface area contributed by atoms with Gasteiger partial charge in [0.05, 0.1) is 10.5 Å². The van der Waals surface area contributed by atoms with E-state index in [9.17, 15) is 14.0 Å². The molecule has 0 atom stereocenters. The van der Waals surface area contributed by atoms with Crippen LogP contribution in [0, 0.1) is 5.82 Å². The lowest BCUT2D eigenvalue weighted by atomic mass is 10.2. The molecule has 1 heterocycles. The summed E-state index contributed by atoms with van der Waals surface area (Å²) >= 11 is 6.10. The van der Waals surface area contributed by atoms with E-state index < -0.39 is 11.8 Å². The summed E-state index contributed by atoms with van der Waals surface area (Å²) in [7, 11) is 0. The van der Waals surface area contributed by atoms with Crippen LogP contribution in [-0.2, 0) is 4.79 Å². The topological polar surface area (TPSA) is 55.4 Å². The summed E-state index contributed by atoms with van der Waals surface area (Å²) in [5.41, 5.74) is 0.943. The number of hydrogen-bond acceptors (Lipinski definition) is 5. The Morgan fingerprint density at radius 3 is 2.62 bits per heavy atom. The minimum atomic E-state index is -0.589. The third-order valence-electron chi connectivity index (χ3n) is 3.09. The van der Waals surface area contributed by atoms with Gasteiger partial charge >= 0.3 is 5.97 Å². The fourth-order valence-corrected chi connectivity index (χ4v) is 3.04. The van der Waals surface area contributed by atoms with E-state index in [1.807, 2.05) is 0 Å². The molecule has 1 aliphatic heterocycles. The van der Waals surface area contributed by atoms with E-state index in [0.29, 0.717) is 20.5 Å². The van der Waals surface area contributed by atoms with Crippen molar-refractivity contribution in [2.75, 3.05) is 0 Å². The molecule has 1 fully saturated rings. The number of rotatable bonds is 3. The van der Waals surface area contributed by atoms with Crippen molar-refractivity contribution in [2.45, 2.75) is 0 Å². The molecule has 7 heteroatoms. The molecule has 0 bridgehead atoms. The molecular weight excluding hydrogens is 349 g/mol. The third kappa shape index (κ3) is 3.87. The second-order valence-corrected chi connectivity index (χ2v) is 6.54. The number of halogens is 1. The van der Waals surface area contributed by atoms with Gasteiger partial charge < -0.3 is 10.1 Å². The quantitative estimate of drug-likeness (QED) is 0.393. The highest BCUT2D eigenvalue weighted by Crippen LogP contribution is 2.27. The molecule has 1 aliphatic rings. The molecule has 0 radical (unpaired) electrons. The van der Waals surface area contributed by atoms with Crippen LogP contribution in [0.3, 0.4) is 0 Å². The van der Waals surface area contributed by atoms with Crippen molar-refractivity contribution < 1.29 is 18.7 Å². The Bertz CT molecular complexity index is 862. The van der Waals surface area contributed by atoms with Gasteiger partial charge in [0.2, 0.25) is 0 Å². The maximum absolute atomic E-state index is 12.9. The lowest BCUT2D eigenvalue weighted by Crippen LogP contribution is -2.17. The molecule has 0 aliphatic carbocycles. The van der Waals surface area contributed by atoms with Gasteiger partial charge in [-0.2, -0.15) is 0 Å². The smallest absolute Gasteiger partial charge is 0.343 e. The minimum Gasteiger partial charge on any atom is -0.423 e. The number of thioether (sulfide) groups is 1. The lowest BCUT2D eigenvalue weighted by molar-refractivity contribution is -0.115. The number of carbonyl (C=O) groups is 2. The normalized spacial score (nSPS) is 15.5. The van der Waals surface area contributed by atoms with E-state index in [1.54, 1.807) is 30.3 Å². The summed E-state index contributed by atoms with van der Waals surface area (Å²) in [4.78, 5) is 24.2. The number of benzene rings is 2. The average molecular weight is 359 g/mol. The van der Waals surface area contributed by atoms with Gasteiger partial charge in [-0.3, -0.25) is 4.79 Å². The van der Waals surface area contributed by atoms with Crippen molar-refractivity contribution in [3.63, 3.8) is 0 Å². The molecule has 0 aromatic heterocycles. The van der Waals surface area contributed by atoms with Crippen LogP contribution in [0.25, 0.3) is 6.08 Å². The molecule has 0 spiro atoms. The van der Waals surface area contributed by atoms with E-state index in [4.69, 9.17) is 17.0 Å². The van der Waals surface area contributed by atoms with Crippen LogP contribution < -0.4 is 10.1 Å². The number of hydrogen-bond donors (Lipinski definition) is 1. The van der Waals surface area contributed by atoms with Crippen LogP contribution in [0.15, 0.2) is 53.4 Å². The van der Waals surface area contributed by atoms with Crippen molar-refractivity contribution in [2.24, 2.45) is 0 Å². The minimum absolute atomic E-state index is 0.247. The fraction of sp³-hybridized carbons (Fsp3) is 0. The molecule has 120 valence electrons. The van der Waals surface area contributed by atoms with Crippen molar-refractivity contribution in [3.05, 3.63) is 70.4 Å². The van der Waals surface area contributed by atoms with Crippen molar-refractivity contribution in [3.8, 4) is 5.75 Å². The molecule has 0 saturated carbocycles. The molecule has 1 amide bonds. The van der Waals surface area contributed by atoms with E-state index in [-0.39, 0.29) is 11.5 Å². The average Bonchev–Trinajstić information content (AvgIpc) is 2.86. The van der Waals surface area contributed by atoms with Gasteiger partial charge in [-0.25, -0.2) is 9.18 Å². The van der Waals surface area contributed by atoms with Crippen molar-refractivity contribution in [1.82, 2.24) is 5.32 Å². The van der Waals surface area contributed by atoms with E-state index in [2.05, 4.69) is 5.32 Å². The highest BCUT2D eigenvalue weighted by Gasteiger charge is 2.21. The van der Waals surface area contributed by atoms with Gasteiger partial charge in [-0.1, -0.05) is 36.1 Å². The van der Waals surface area contributed by atoms with Crippen LogP contribution >= 0.6 is 24.0 Å². The summed E-state index contributed by atoms with van der Waals surface area (Å²) in [6.45, 7) is 0. The second kappa shape index (κ2) is 6.94. The first kappa shape index (κ1) is 16.4. The summed E-state index contributed by atoms with van der Waals surface area (Å²) in [6, 6.07) is 11.8. The molecule has 2 aromatic carbocycles. The standard InChI is InChI=1S/C17H10FNO3S2/c18-12-6-4-11(5-7-12)16(21)22-13-3-1-2-10(8-13)9-14-15(20)19-17(23)24-14/h1-9H,(H,19,20,23)/b14-9-. The number of thiocarbonyl (C=S) groups is 1. The number of nitrogens with one attached hydrogen (secondary N) is 1. The lowest BCUT2D eigenvalue weighted by Gasteiger charge is -2.05. The predicted octanol–water partition coefficient (Wildman–Crippen LogP) is 3.53. The first-order valence-electron chi connectivity index (χ1n) is 6.84. The molecule has 4 nitrogen and oxygen atoms in total. The van der Waals surface area contributed by atoms with Crippen LogP contribution in [0.2, 0.25) is 0 Å². The number of ether oxygens (including phenoxy) is 1. The number of carbonyl (C=O) groups excluding carboxylic acids is 2. The van der Waals surface area contributed by atoms with Gasteiger partial charge in [0.25, 0.3) is 5.91 Å². The van der Waals surface area contributed by atoms with Crippen LogP contribution in [0.5, 0.6) is 5.75 Å². The predicted molar refractivity (Wildman–Crippen MR) is 94.1 cm³/mol. The number of amides is 1. The largest absolute Gasteiger partial charge is 0.423 e.